The monoisotopic (exact) mass is 297 g/mol. The van der Waals surface area contributed by atoms with E-state index in [4.69, 9.17) is 5.73 Å². The molecule has 0 spiro atoms. The molecule has 2 N–H and O–H groups in total. The van der Waals surface area contributed by atoms with Crippen molar-refractivity contribution in [3.63, 3.8) is 0 Å². The lowest BCUT2D eigenvalue weighted by molar-refractivity contribution is 0.606. The number of aromatic nitrogens is 2. The molecule has 0 bridgehead atoms. The van der Waals surface area contributed by atoms with Crippen molar-refractivity contribution in [2.75, 3.05) is 0 Å². The normalized spacial score (nSPS) is 10.8. The highest BCUT2D eigenvalue weighted by Crippen LogP contribution is 2.26. The molecule has 0 radical (unpaired) electrons. The van der Waals surface area contributed by atoms with E-state index in [0.717, 1.165) is 17.8 Å². The summed E-state index contributed by atoms with van der Waals surface area (Å²) in [4.78, 5) is 4.18. The Balaban J connectivity index is 2.57. The molecule has 0 saturated heterocycles. The van der Waals surface area contributed by atoms with E-state index in [-0.39, 0.29) is 5.82 Å². The van der Waals surface area contributed by atoms with E-state index in [1.165, 1.54) is 0 Å². The van der Waals surface area contributed by atoms with Gasteiger partial charge in [-0.1, -0.05) is 13.0 Å². The van der Waals surface area contributed by atoms with Gasteiger partial charge in [0.1, 0.15) is 5.82 Å². The molecule has 0 amide bonds. The number of imidazole rings is 1. The molecule has 0 unspecified atom stereocenters. The Labute approximate surface area is 108 Å². The molecule has 0 fully saturated rings. The minimum atomic E-state index is -0.305. The molecule has 2 aromatic rings. The van der Waals surface area contributed by atoms with Gasteiger partial charge in [-0.2, -0.15) is 0 Å². The quantitative estimate of drug-likeness (QED) is 0.947. The molecule has 0 aliphatic carbocycles. The molecule has 3 nitrogen and oxygen atoms in total. The molecule has 2 rings (SSSR count). The Hall–Kier alpha value is -1.20. The van der Waals surface area contributed by atoms with Gasteiger partial charge in [0.05, 0.1) is 10.2 Å². The van der Waals surface area contributed by atoms with Gasteiger partial charge in [-0.25, -0.2) is 9.37 Å². The van der Waals surface area contributed by atoms with Crippen molar-refractivity contribution in [2.24, 2.45) is 5.73 Å². The van der Waals surface area contributed by atoms with Crippen molar-refractivity contribution in [3.8, 4) is 5.69 Å². The first-order valence-corrected chi connectivity index (χ1v) is 6.17. The van der Waals surface area contributed by atoms with E-state index in [9.17, 15) is 4.39 Å². The Morgan fingerprint density at radius 2 is 2.24 bits per heavy atom. The maximum Gasteiger partial charge on any atom is 0.161 e. The number of hydrogen-bond acceptors (Lipinski definition) is 2. The largest absolute Gasteiger partial charge is 0.326 e. The summed E-state index contributed by atoms with van der Waals surface area (Å²) in [6.07, 6.45) is 4.18. The fourth-order valence-corrected chi connectivity index (χ4v) is 2.24. The molecule has 0 saturated carbocycles. The smallest absolute Gasteiger partial charge is 0.161 e. The maximum absolute atomic E-state index is 14.2. The van der Waals surface area contributed by atoms with E-state index in [0.29, 0.717) is 16.7 Å². The summed E-state index contributed by atoms with van der Waals surface area (Å²) in [6.45, 7) is 2.29. The number of halogens is 2. The van der Waals surface area contributed by atoms with Gasteiger partial charge >= 0.3 is 0 Å². The predicted octanol–water partition coefficient (Wildman–Crippen LogP) is 2.80. The minimum Gasteiger partial charge on any atom is -0.326 e. The van der Waals surface area contributed by atoms with Gasteiger partial charge in [-0.15, -0.1) is 0 Å². The average Bonchev–Trinajstić information content (AvgIpc) is 2.80. The topological polar surface area (TPSA) is 43.8 Å². The Morgan fingerprint density at radius 3 is 2.88 bits per heavy atom. The zero-order valence-electron chi connectivity index (χ0n) is 9.45. The zero-order chi connectivity index (χ0) is 12.4. The number of aryl methyl sites for hydroxylation is 1. The fourth-order valence-electron chi connectivity index (χ4n) is 1.74. The van der Waals surface area contributed by atoms with Gasteiger partial charge in [0.25, 0.3) is 0 Å². The van der Waals surface area contributed by atoms with Gasteiger partial charge in [0.2, 0.25) is 0 Å². The molecular formula is C12H13BrFN3. The van der Waals surface area contributed by atoms with E-state index >= 15 is 0 Å². The van der Waals surface area contributed by atoms with Crippen LogP contribution in [0.4, 0.5) is 4.39 Å². The van der Waals surface area contributed by atoms with Crippen molar-refractivity contribution >= 4 is 15.9 Å². The molecule has 1 aromatic carbocycles. The van der Waals surface area contributed by atoms with Crippen molar-refractivity contribution in [3.05, 3.63) is 46.2 Å². The lowest BCUT2D eigenvalue weighted by Crippen LogP contribution is -2.05. The van der Waals surface area contributed by atoms with Crippen LogP contribution in [0.25, 0.3) is 5.69 Å². The lowest BCUT2D eigenvalue weighted by atomic mass is 10.2. The molecular weight excluding hydrogens is 285 g/mol. The van der Waals surface area contributed by atoms with Gasteiger partial charge in [-0.3, -0.25) is 0 Å². The molecule has 0 atom stereocenters. The summed E-state index contributed by atoms with van der Waals surface area (Å²) < 4.78 is 16.4. The number of benzene rings is 1. The van der Waals surface area contributed by atoms with Gasteiger partial charge < -0.3 is 10.3 Å². The van der Waals surface area contributed by atoms with Gasteiger partial charge in [0, 0.05) is 25.4 Å². The second-order valence-electron chi connectivity index (χ2n) is 3.64. The Bertz CT molecular complexity index is 537. The average molecular weight is 298 g/mol. The van der Waals surface area contributed by atoms with Crippen molar-refractivity contribution in [1.82, 2.24) is 9.55 Å². The Kier molecular flexibility index (Phi) is 3.59. The van der Waals surface area contributed by atoms with Crippen LogP contribution < -0.4 is 5.73 Å². The summed E-state index contributed by atoms with van der Waals surface area (Å²) >= 11 is 3.23. The summed E-state index contributed by atoms with van der Waals surface area (Å²) in [5, 5.41) is 0. The molecule has 1 heterocycles. The van der Waals surface area contributed by atoms with Crippen LogP contribution >= 0.6 is 15.9 Å². The van der Waals surface area contributed by atoms with Crippen LogP contribution in [0.5, 0.6) is 0 Å². The van der Waals surface area contributed by atoms with Crippen molar-refractivity contribution in [1.29, 1.82) is 0 Å². The van der Waals surface area contributed by atoms with E-state index in [1.807, 2.05) is 13.0 Å². The number of rotatable bonds is 3. The van der Waals surface area contributed by atoms with Crippen LogP contribution in [0.1, 0.15) is 18.3 Å². The van der Waals surface area contributed by atoms with Gasteiger partial charge in [-0.05, 0) is 27.6 Å². The van der Waals surface area contributed by atoms with E-state index in [2.05, 4.69) is 20.9 Å². The van der Waals surface area contributed by atoms with E-state index < -0.39 is 0 Å². The summed E-state index contributed by atoms with van der Waals surface area (Å²) in [6, 6.07) is 3.55. The van der Waals surface area contributed by atoms with E-state index in [1.54, 1.807) is 23.0 Å². The number of nitrogens with zero attached hydrogens (tertiary/aromatic N) is 2. The highest BCUT2D eigenvalue weighted by molar-refractivity contribution is 9.10. The highest BCUT2D eigenvalue weighted by atomic mass is 79.9. The maximum atomic E-state index is 14.2. The molecule has 5 heteroatoms. The number of nitrogens with two attached hydrogens (primary N) is 1. The summed E-state index contributed by atoms with van der Waals surface area (Å²) in [5.41, 5.74) is 6.77. The molecule has 90 valence electrons. The minimum absolute atomic E-state index is 0.305. The van der Waals surface area contributed by atoms with Gasteiger partial charge in [0.15, 0.2) is 5.82 Å². The van der Waals surface area contributed by atoms with Crippen LogP contribution in [0, 0.1) is 5.82 Å². The second-order valence-corrected chi connectivity index (χ2v) is 4.44. The third kappa shape index (κ3) is 2.12. The third-order valence-corrected chi connectivity index (χ3v) is 3.51. The first kappa shape index (κ1) is 12.3. The van der Waals surface area contributed by atoms with Crippen molar-refractivity contribution in [2.45, 2.75) is 19.9 Å². The highest BCUT2D eigenvalue weighted by Gasteiger charge is 2.13. The van der Waals surface area contributed by atoms with Crippen LogP contribution in [0.15, 0.2) is 29.0 Å². The summed E-state index contributed by atoms with van der Waals surface area (Å²) in [5.74, 6) is 0.525. The molecule has 0 aliphatic rings. The third-order valence-electron chi connectivity index (χ3n) is 2.65. The standard InChI is InChI=1S/C12H13BrFN3/c1-2-10-16-5-6-17(10)9-4-3-8(7-15)11(13)12(9)14/h3-6H,2,7,15H2,1H3. The summed E-state index contributed by atoms with van der Waals surface area (Å²) in [7, 11) is 0. The molecule has 1 aromatic heterocycles. The predicted molar refractivity (Wildman–Crippen MR) is 68.5 cm³/mol. The van der Waals surface area contributed by atoms with Crippen molar-refractivity contribution < 1.29 is 4.39 Å². The first-order chi connectivity index (χ1) is 8.19. The number of hydrogen-bond donors (Lipinski definition) is 1. The fraction of sp³-hybridized carbons (Fsp3) is 0.250. The van der Waals surface area contributed by atoms with Crippen LogP contribution in [-0.4, -0.2) is 9.55 Å². The molecule has 0 aliphatic heterocycles. The molecule has 17 heavy (non-hydrogen) atoms. The van der Waals surface area contributed by atoms with Crippen LogP contribution in [0.3, 0.4) is 0 Å². The Morgan fingerprint density at radius 1 is 1.47 bits per heavy atom. The lowest BCUT2D eigenvalue weighted by Gasteiger charge is -2.11. The SMILES string of the molecule is CCc1nccn1-c1ccc(CN)c(Br)c1F. The van der Waals surface area contributed by atoms with Crippen LogP contribution in [0.2, 0.25) is 0 Å². The zero-order valence-corrected chi connectivity index (χ0v) is 11.0. The first-order valence-electron chi connectivity index (χ1n) is 5.38. The second kappa shape index (κ2) is 4.98. The van der Waals surface area contributed by atoms with Crippen LogP contribution in [-0.2, 0) is 13.0 Å².